The number of amides is 2. The monoisotopic (exact) mass is 342 g/mol. The Morgan fingerprint density at radius 2 is 1.95 bits per heavy atom. The van der Waals surface area contributed by atoms with E-state index >= 15 is 0 Å². The smallest absolute Gasteiger partial charge is 0.239 e. The maximum Gasteiger partial charge on any atom is 0.239 e. The van der Waals surface area contributed by atoms with Crippen molar-refractivity contribution in [1.82, 2.24) is 10.6 Å². The summed E-state index contributed by atoms with van der Waals surface area (Å²) in [5.41, 5.74) is 0.894. The molecule has 0 spiro atoms. The molecule has 6 heteroatoms. The number of rotatable bonds is 8. The van der Waals surface area contributed by atoms with Crippen molar-refractivity contribution in [2.75, 3.05) is 26.8 Å². The van der Waals surface area contributed by atoms with Crippen molar-refractivity contribution in [3.8, 4) is 0 Å². The number of methoxy groups -OCH3 is 1. The van der Waals surface area contributed by atoms with Crippen LogP contribution in [-0.2, 0) is 20.7 Å². The lowest BCUT2D eigenvalue weighted by molar-refractivity contribution is -0.125. The Hall–Kier alpha value is -1.40. The molecule has 0 bridgehead atoms. The summed E-state index contributed by atoms with van der Waals surface area (Å²) in [4.78, 5) is 23.2. The maximum absolute atomic E-state index is 11.7. The molecule has 0 aliphatic rings. The van der Waals surface area contributed by atoms with Gasteiger partial charge >= 0.3 is 0 Å². The first-order valence-electron chi connectivity index (χ1n) is 6.39. The molecule has 1 aromatic carbocycles. The van der Waals surface area contributed by atoms with Gasteiger partial charge in [-0.25, -0.2) is 0 Å². The van der Waals surface area contributed by atoms with Crippen LogP contribution in [0.15, 0.2) is 28.7 Å². The largest absolute Gasteiger partial charge is 0.385 e. The zero-order valence-corrected chi connectivity index (χ0v) is 13.0. The third-order valence-electron chi connectivity index (χ3n) is 2.60. The van der Waals surface area contributed by atoms with E-state index in [2.05, 4.69) is 26.6 Å². The number of ether oxygens (including phenoxy) is 1. The van der Waals surface area contributed by atoms with E-state index in [4.69, 9.17) is 4.74 Å². The maximum atomic E-state index is 11.7. The van der Waals surface area contributed by atoms with Gasteiger partial charge in [0, 0.05) is 24.7 Å². The van der Waals surface area contributed by atoms with Gasteiger partial charge in [-0.05, 0) is 18.1 Å². The average Bonchev–Trinajstić information content (AvgIpc) is 2.44. The van der Waals surface area contributed by atoms with E-state index in [1.165, 1.54) is 0 Å². The Morgan fingerprint density at radius 1 is 1.20 bits per heavy atom. The van der Waals surface area contributed by atoms with Gasteiger partial charge in [-0.3, -0.25) is 9.59 Å². The van der Waals surface area contributed by atoms with Gasteiger partial charge < -0.3 is 15.4 Å². The van der Waals surface area contributed by atoms with Crippen molar-refractivity contribution >= 4 is 27.7 Å². The Labute approximate surface area is 127 Å². The molecule has 5 nitrogen and oxygen atoms in total. The molecule has 0 atom stereocenters. The molecule has 110 valence electrons. The topological polar surface area (TPSA) is 67.4 Å². The molecule has 2 N–H and O–H groups in total. The normalized spacial score (nSPS) is 10.1. The highest BCUT2D eigenvalue weighted by Crippen LogP contribution is 2.15. The number of carbonyl (C=O) groups excluding carboxylic acids is 2. The first kappa shape index (κ1) is 16.7. The van der Waals surface area contributed by atoms with Crippen molar-refractivity contribution in [2.45, 2.75) is 12.8 Å². The number of benzene rings is 1. The lowest BCUT2D eigenvalue weighted by atomic mass is 10.1. The van der Waals surface area contributed by atoms with Crippen molar-refractivity contribution in [2.24, 2.45) is 0 Å². The molecule has 0 saturated carbocycles. The van der Waals surface area contributed by atoms with E-state index in [0.717, 1.165) is 16.5 Å². The molecular formula is C14H19BrN2O3. The van der Waals surface area contributed by atoms with Crippen LogP contribution < -0.4 is 10.6 Å². The SMILES string of the molecule is COCCCNC(=O)CNC(=O)Cc1ccccc1Br. The molecule has 20 heavy (non-hydrogen) atoms. The van der Waals surface area contributed by atoms with Crippen LogP contribution in [0.1, 0.15) is 12.0 Å². The number of carbonyl (C=O) groups is 2. The molecule has 0 unspecified atom stereocenters. The number of halogens is 1. The minimum atomic E-state index is -0.193. The fourth-order valence-electron chi connectivity index (χ4n) is 1.56. The summed E-state index contributed by atoms with van der Waals surface area (Å²) in [7, 11) is 1.61. The van der Waals surface area contributed by atoms with Gasteiger partial charge in [0.1, 0.15) is 0 Å². The van der Waals surface area contributed by atoms with E-state index in [-0.39, 0.29) is 24.8 Å². The summed E-state index contributed by atoms with van der Waals surface area (Å²) in [6.45, 7) is 1.15. The van der Waals surface area contributed by atoms with Crippen LogP contribution in [0.2, 0.25) is 0 Å². The van der Waals surface area contributed by atoms with Crippen LogP contribution in [0.3, 0.4) is 0 Å². The van der Waals surface area contributed by atoms with Crippen LogP contribution >= 0.6 is 15.9 Å². The summed E-state index contributed by atoms with van der Waals surface area (Å²) in [6, 6.07) is 7.51. The molecule has 0 radical (unpaired) electrons. The summed E-state index contributed by atoms with van der Waals surface area (Å²) >= 11 is 3.38. The highest BCUT2D eigenvalue weighted by atomic mass is 79.9. The lowest BCUT2D eigenvalue weighted by Gasteiger charge is -2.07. The van der Waals surface area contributed by atoms with Gasteiger partial charge in [0.15, 0.2) is 0 Å². The fourth-order valence-corrected chi connectivity index (χ4v) is 1.99. The average molecular weight is 343 g/mol. The highest BCUT2D eigenvalue weighted by Gasteiger charge is 2.08. The van der Waals surface area contributed by atoms with Crippen molar-refractivity contribution in [1.29, 1.82) is 0 Å². The third-order valence-corrected chi connectivity index (χ3v) is 3.38. The summed E-state index contributed by atoms with van der Waals surface area (Å²) in [5.74, 6) is -0.370. The predicted octanol–water partition coefficient (Wildman–Crippen LogP) is 1.26. The Balaban J connectivity index is 2.23. The molecule has 1 aromatic rings. The van der Waals surface area contributed by atoms with Gasteiger partial charge in [-0.1, -0.05) is 34.1 Å². The minimum absolute atomic E-state index is 0.00370. The first-order valence-corrected chi connectivity index (χ1v) is 7.18. The molecule has 0 aliphatic carbocycles. The quantitative estimate of drug-likeness (QED) is 0.699. The van der Waals surface area contributed by atoms with Crippen LogP contribution in [0.4, 0.5) is 0 Å². The van der Waals surface area contributed by atoms with Crippen molar-refractivity contribution in [3.05, 3.63) is 34.3 Å². The fraction of sp³-hybridized carbons (Fsp3) is 0.429. The molecule has 0 aliphatic heterocycles. The van der Waals surface area contributed by atoms with E-state index in [9.17, 15) is 9.59 Å². The van der Waals surface area contributed by atoms with Gasteiger partial charge in [0.25, 0.3) is 0 Å². The highest BCUT2D eigenvalue weighted by molar-refractivity contribution is 9.10. The van der Waals surface area contributed by atoms with Crippen LogP contribution in [0.25, 0.3) is 0 Å². The first-order chi connectivity index (χ1) is 9.63. The van der Waals surface area contributed by atoms with Gasteiger partial charge in [-0.2, -0.15) is 0 Å². The molecule has 0 aromatic heterocycles. The Bertz CT molecular complexity index is 452. The second kappa shape index (κ2) is 9.50. The summed E-state index contributed by atoms with van der Waals surface area (Å²) in [6.07, 6.45) is 1.01. The zero-order chi connectivity index (χ0) is 14.8. The Kier molecular flexibility index (Phi) is 7.91. The van der Waals surface area contributed by atoms with Gasteiger partial charge in [-0.15, -0.1) is 0 Å². The lowest BCUT2D eigenvalue weighted by Crippen LogP contribution is -2.38. The predicted molar refractivity (Wildman–Crippen MR) is 80.4 cm³/mol. The zero-order valence-electron chi connectivity index (χ0n) is 11.4. The van der Waals surface area contributed by atoms with Crippen molar-refractivity contribution in [3.63, 3.8) is 0 Å². The van der Waals surface area contributed by atoms with Gasteiger partial charge in [0.2, 0.25) is 11.8 Å². The molecule has 0 heterocycles. The third kappa shape index (κ3) is 6.68. The molecule has 0 fully saturated rings. The number of hydrogen-bond acceptors (Lipinski definition) is 3. The Morgan fingerprint density at radius 3 is 2.65 bits per heavy atom. The summed E-state index contributed by atoms with van der Waals surface area (Å²) < 4.78 is 5.76. The molecule has 1 rings (SSSR count). The molecule has 2 amide bonds. The van der Waals surface area contributed by atoms with Gasteiger partial charge in [0.05, 0.1) is 13.0 Å². The minimum Gasteiger partial charge on any atom is -0.385 e. The second-order valence-electron chi connectivity index (χ2n) is 4.24. The van der Waals surface area contributed by atoms with Crippen molar-refractivity contribution < 1.29 is 14.3 Å². The van der Waals surface area contributed by atoms with E-state index in [1.807, 2.05) is 24.3 Å². The summed E-state index contributed by atoms with van der Waals surface area (Å²) in [5, 5.41) is 5.30. The number of hydrogen-bond donors (Lipinski definition) is 2. The molecular weight excluding hydrogens is 324 g/mol. The van der Waals surface area contributed by atoms with Crippen LogP contribution in [0, 0.1) is 0 Å². The second-order valence-corrected chi connectivity index (χ2v) is 5.10. The number of nitrogens with one attached hydrogen (secondary N) is 2. The van der Waals surface area contributed by atoms with Crippen LogP contribution in [0.5, 0.6) is 0 Å². The van der Waals surface area contributed by atoms with Crippen LogP contribution in [-0.4, -0.2) is 38.6 Å². The standard InChI is InChI=1S/C14H19BrN2O3/c1-20-8-4-7-16-14(19)10-17-13(18)9-11-5-2-3-6-12(11)15/h2-3,5-6H,4,7-10H2,1H3,(H,16,19)(H,17,18). The van der Waals surface area contributed by atoms with E-state index < -0.39 is 0 Å². The van der Waals surface area contributed by atoms with E-state index in [1.54, 1.807) is 7.11 Å². The van der Waals surface area contributed by atoms with E-state index in [0.29, 0.717) is 13.2 Å². The molecule has 0 saturated heterocycles.